The molecule has 0 unspecified atom stereocenters. The first-order valence-electron chi connectivity index (χ1n) is 5.62. The van der Waals surface area contributed by atoms with Crippen LogP contribution in [0, 0.1) is 6.92 Å². The molecule has 88 valence electrons. The molecule has 2 N–H and O–H groups in total. The zero-order valence-electron chi connectivity index (χ0n) is 9.89. The number of thioether (sulfide) groups is 1. The molecule has 0 aliphatic heterocycles. The Morgan fingerprint density at radius 2 is 2.12 bits per heavy atom. The van der Waals surface area contributed by atoms with Gasteiger partial charge in [-0.3, -0.25) is 0 Å². The molecular formula is C14H16N2S. The molecule has 2 aromatic rings. The molecular weight excluding hydrogens is 228 g/mol. The van der Waals surface area contributed by atoms with E-state index in [4.69, 9.17) is 5.73 Å². The van der Waals surface area contributed by atoms with Gasteiger partial charge in [-0.15, -0.1) is 11.8 Å². The third-order valence-corrected chi connectivity index (χ3v) is 3.65. The Labute approximate surface area is 106 Å². The van der Waals surface area contributed by atoms with Gasteiger partial charge in [-0.25, -0.2) is 4.98 Å². The Morgan fingerprint density at radius 3 is 2.76 bits per heavy atom. The highest BCUT2D eigenvalue weighted by molar-refractivity contribution is 7.98. The molecule has 0 atom stereocenters. The summed E-state index contributed by atoms with van der Waals surface area (Å²) in [5.41, 5.74) is 9.45. The number of hydrogen-bond donors (Lipinski definition) is 1. The van der Waals surface area contributed by atoms with Crippen LogP contribution in [0.15, 0.2) is 47.6 Å². The van der Waals surface area contributed by atoms with Crippen molar-refractivity contribution >= 4 is 11.8 Å². The largest absolute Gasteiger partial charge is 0.326 e. The molecule has 0 saturated heterocycles. The Morgan fingerprint density at radius 1 is 1.24 bits per heavy atom. The van der Waals surface area contributed by atoms with E-state index in [0.717, 1.165) is 10.8 Å². The lowest BCUT2D eigenvalue weighted by Crippen LogP contribution is -1.97. The summed E-state index contributed by atoms with van der Waals surface area (Å²) >= 11 is 1.76. The maximum absolute atomic E-state index is 5.62. The third kappa shape index (κ3) is 3.32. The molecule has 2 rings (SSSR count). The van der Waals surface area contributed by atoms with E-state index in [-0.39, 0.29) is 0 Å². The zero-order chi connectivity index (χ0) is 12.1. The molecule has 0 amide bonds. The summed E-state index contributed by atoms with van der Waals surface area (Å²) in [4.78, 5) is 4.30. The first-order chi connectivity index (χ1) is 8.29. The summed E-state index contributed by atoms with van der Waals surface area (Å²) in [7, 11) is 0. The molecule has 17 heavy (non-hydrogen) atoms. The van der Waals surface area contributed by atoms with Crippen molar-refractivity contribution in [1.82, 2.24) is 4.98 Å². The number of rotatable bonds is 4. The average molecular weight is 244 g/mol. The first-order valence-corrected chi connectivity index (χ1v) is 6.60. The van der Waals surface area contributed by atoms with Crippen LogP contribution in [0.3, 0.4) is 0 Å². The fourth-order valence-electron chi connectivity index (χ4n) is 1.63. The molecule has 0 spiro atoms. The van der Waals surface area contributed by atoms with Crippen LogP contribution < -0.4 is 5.73 Å². The van der Waals surface area contributed by atoms with Crippen LogP contribution in [-0.4, -0.2) is 4.98 Å². The van der Waals surface area contributed by atoms with Gasteiger partial charge in [-0.05, 0) is 35.7 Å². The van der Waals surface area contributed by atoms with Crippen LogP contribution in [0.25, 0.3) is 0 Å². The van der Waals surface area contributed by atoms with Crippen LogP contribution in [-0.2, 0) is 12.3 Å². The number of nitrogens with zero attached hydrogens (tertiary/aromatic N) is 1. The molecule has 1 aromatic heterocycles. The van der Waals surface area contributed by atoms with Crippen molar-refractivity contribution in [3.05, 3.63) is 59.3 Å². The van der Waals surface area contributed by atoms with Gasteiger partial charge in [-0.2, -0.15) is 0 Å². The van der Waals surface area contributed by atoms with Gasteiger partial charge >= 0.3 is 0 Å². The minimum Gasteiger partial charge on any atom is -0.326 e. The maximum atomic E-state index is 5.62. The highest BCUT2D eigenvalue weighted by Crippen LogP contribution is 2.22. The molecule has 0 aliphatic rings. The van der Waals surface area contributed by atoms with Crippen molar-refractivity contribution in [2.45, 2.75) is 24.2 Å². The number of pyridine rings is 1. The van der Waals surface area contributed by atoms with E-state index in [9.17, 15) is 0 Å². The Hall–Kier alpha value is -1.32. The second-order valence-electron chi connectivity index (χ2n) is 3.92. The van der Waals surface area contributed by atoms with Gasteiger partial charge < -0.3 is 5.73 Å². The van der Waals surface area contributed by atoms with E-state index in [1.807, 2.05) is 24.4 Å². The molecule has 0 fully saturated rings. The number of benzene rings is 1. The standard InChI is InChI=1S/C14H16N2S/c1-11-8-12(9-15)5-6-13(11)10-17-14-4-2-3-7-16-14/h2-8H,9-10,15H2,1H3. The summed E-state index contributed by atoms with van der Waals surface area (Å²) in [6.45, 7) is 2.74. The van der Waals surface area contributed by atoms with E-state index < -0.39 is 0 Å². The van der Waals surface area contributed by atoms with E-state index in [2.05, 4.69) is 30.1 Å². The van der Waals surface area contributed by atoms with Crippen LogP contribution in [0.5, 0.6) is 0 Å². The van der Waals surface area contributed by atoms with Crippen molar-refractivity contribution in [2.24, 2.45) is 5.73 Å². The molecule has 0 saturated carbocycles. The fraction of sp³-hybridized carbons (Fsp3) is 0.214. The average Bonchev–Trinajstić information content (AvgIpc) is 2.38. The summed E-state index contributed by atoms with van der Waals surface area (Å²) in [5, 5.41) is 1.06. The van der Waals surface area contributed by atoms with Crippen molar-refractivity contribution in [3.8, 4) is 0 Å². The molecule has 0 bridgehead atoms. The molecule has 0 radical (unpaired) electrons. The number of nitrogens with two attached hydrogens (primary N) is 1. The summed E-state index contributed by atoms with van der Waals surface area (Å²) in [6, 6.07) is 12.4. The Kier molecular flexibility index (Phi) is 4.18. The van der Waals surface area contributed by atoms with Gasteiger partial charge in [0.2, 0.25) is 0 Å². The van der Waals surface area contributed by atoms with E-state index in [0.29, 0.717) is 6.54 Å². The third-order valence-electron chi connectivity index (χ3n) is 2.66. The van der Waals surface area contributed by atoms with Gasteiger partial charge in [0.25, 0.3) is 0 Å². The van der Waals surface area contributed by atoms with Crippen molar-refractivity contribution in [1.29, 1.82) is 0 Å². The zero-order valence-corrected chi connectivity index (χ0v) is 10.7. The SMILES string of the molecule is Cc1cc(CN)ccc1CSc1ccccn1. The smallest absolute Gasteiger partial charge is 0.0963 e. The minimum absolute atomic E-state index is 0.606. The van der Waals surface area contributed by atoms with Crippen molar-refractivity contribution < 1.29 is 0 Å². The van der Waals surface area contributed by atoms with Gasteiger partial charge in [0.1, 0.15) is 0 Å². The predicted octanol–water partition coefficient (Wildman–Crippen LogP) is 3.14. The molecule has 1 heterocycles. The van der Waals surface area contributed by atoms with Gasteiger partial charge in [0, 0.05) is 18.5 Å². The van der Waals surface area contributed by atoms with Gasteiger partial charge in [0.05, 0.1) is 5.03 Å². The highest BCUT2D eigenvalue weighted by atomic mass is 32.2. The van der Waals surface area contributed by atoms with Crippen LogP contribution in [0.2, 0.25) is 0 Å². The second kappa shape index (κ2) is 5.84. The Bertz CT molecular complexity index is 483. The van der Waals surface area contributed by atoms with E-state index >= 15 is 0 Å². The lowest BCUT2D eigenvalue weighted by Gasteiger charge is -2.07. The molecule has 3 heteroatoms. The minimum atomic E-state index is 0.606. The fourth-order valence-corrected chi connectivity index (χ4v) is 2.57. The number of aromatic nitrogens is 1. The number of hydrogen-bond acceptors (Lipinski definition) is 3. The van der Waals surface area contributed by atoms with Crippen LogP contribution >= 0.6 is 11.8 Å². The second-order valence-corrected chi connectivity index (χ2v) is 4.92. The van der Waals surface area contributed by atoms with Gasteiger partial charge in [0.15, 0.2) is 0 Å². The van der Waals surface area contributed by atoms with Crippen molar-refractivity contribution in [3.63, 3.8) is 0 Å². The predicted molar refractivity (Wildman–Crippen MR) is 72.9 cm³/mol. The van der Waals surface area contributed by atoms with Crippen molar-refractivity contribution in [2.75, 3.05) is 0 Å². The quantitative estimate of drug-likeness (QED) is 0.840. The Balaban J connectivity index is 2.04. The van der Waals surface area contributed by atoms with E-state index in [1.54, 1.807) is 11.8 Å². The molecule has 2 nitrogen and oxygen atoms in total. The monoisotopic (exact) mass is 244 g/mol. The lowest BCUT2D eigenvalue weighted by atomic mass is 10.1. The lowest BCUT2D eigenvalue weighted by molar-refractivity contribution is 1.06. The molecule has 0 aliphatic carbocycles. The highest BCUT2D eigenvalue weighted by Gasteiger charge is 2.01. The molecule has 1 aromatic carbocycles. The first kappa shape index (κ1) is 12.1. The summed E-state index contributed by atoms with van der Waals surface area (Å²) in [5.74, 6) is 0.952. The van der Waals surface area contributed by atoms with Crippen LogP contribution in [0.1, 0.15) is 16.7 Å². The number of aryl methyl sites for hydroxylation is 1. The summed E-state index contributed by atoms with van der Waals surface area (Å²) < 4.78 is 0. The van der Waals surface area contributed by atoms with Gasteiger partial charge in [-0.1, -0.05) is 24.3 Å². The maximum Gasteiger partial charge on any atom is 0.0963 e. The van der Waals surface area contributed by atoms with E-state index in [1.165, 1.54) is 16.7 Å². The normalized spacial score (nSPS) is 10.5. The summed E-state index contributed by atoms with van der Waals surface area (Å²) in [6.07, 6.45) is 1.83. The van der Waals surface area contributed by atoms with Crippen LogP contribution in [0.4, 0.5) is 0 Å². The topological polar surface area (TPSA) is 38.9 Å².